The maximum atomic E-state index is 13.7. The zero-order valence-electron chi connectivity index (χ0n) is 10.8. The Kier molecular flexibility index (Phi) is 4.88. The van der Waals surface area contributed by atoms with Gasteiger partial charge in [-0.2, -0.15) is 0 Å². The van der Waals surface area contributed by atoms with E-state index in [1.165, 1.54) is 6.20 Å². The third-order valence-corrected chi connectivity index (χ3v) is 3.24. The van der Waals surface area contributed by atoms with Crippen LogP contribution in [0.3, 0.4) is 0 Å². The minimum Gasteiger partial charge on any atom is -0.313 e. The van der Waals surface area contributed by atoms with Crippen LogP contribution in [-0.4, -0.2) is 11.5 Å². The molecule has 1 N–H and O–H groups in total. The summed E-state index contributed by atoms with van der Waals surface area (Å²) in [6, 6.07) is 7.22. The van der Waals surface area contributed by atoms with Crippen molar-refractivity contribution in [2.24, 2.45) is 0 Å². The van der Waals surface area contributed by atoms with Crippen molar-refractivity contribution in [1.82, 2.24) is 10.3 Å². The number of halogens is 2. The highest BCUT2D eigenvalue weighted by Gasteiger charge is 2.07. The number of aromatic nitrogens is 1. The predicted molar refractivity (Wildman–Crippen MR) is 76.6 cm³/mol. The van der Waals surface area contributed by atoms with Crippen LogP contribution < -0.4 is 5.32 Å². The first-order chi connectivity index (χ1) is 9.22. The molecule has 0 bridgehead atoms. The van der Waals surface area contributed by atoms with E-state index in [4.69, 9.17) is 11.6 Å². The van der Waals surface area contributed by atoms with E-state index in [1.54, 1.807) is 18.3 Å². The molecule has 0 atom stereocenters. The minimum atomic E-state index is -0.322. The number of nitrogens with one attached hydrogen (secondary N) is 1. The fraction of sp³-hybridized carbons (Fsp3) is 0.267. The average Bonchev–Trinajstić information content (AvgIpc) is 2.42. The molecule has 4 heteroatoms. The van der Waals surface area contributed by atoms with Crippen molar-refractivity contribution >= 4 is 11.6 Å². The molecule has 1 aromatic heterocycles. The molecule has 0 aliphatic heterocycles. The first kappa shape index (κ1) is 14.0. The molecule has 2 nitrogen and oxygen atoms in total. The van der Waals surface area contributed by atoms with E-state index < -0.39 is 0 Å². The van der Waals surface area contributed by atoms with Crippen LogP contribution in [0.25, 0.3) is 11.1 Å². The predicted octanol–water partition coefficient (Wildman–Crippen LogP) is 4.04. The first-order valence-corrected chi connectivity index (χ1v) is 6.69. The topological polar surface area (TPSA) is 24.9 Å². The number of pyridine rings is 1. The first-order valence-electron chi connectivity index (χ1n) is 6.31. The van der Waals surface area contributed by atoms with Gasteiger partial charge in [0.15, 0.2) is 0 Å². The second-order valence-corrected chi connectivity index (χ2v) is 4.75. The van der Waals surface area contributed by atoms with Crippen molar-refractivity contribution in [3.05, 3.63) is 53.1 Å². The molecule has 1 aromatic carbocycles. The van der Waals surface area contributed by atoms with Gasteiger partial charge in [-0.1, -0.05) is 24.6 Å². The van der Waals surface area contributed by atoms with E-state index in [1.807, 2.05) is 12.1 Å². The van der Waals surface area contributed by atoms with Crippen LogP contribution in [0.15, 0.2) is 36.7 Å². The maximum absolute atomic E-state index is 13.7. The molecule has 0 fully saturated rings. The lowest BCUT2D eigenvalue weighted by Crippen LogP contribution is -2.14. The highest BCUT2D eigenvalue weighted by Crippen LogP contribution is 2.26. The molecule has 0 aliphatic rings. The van der Waals surface area contributed by atoms with Crippen molar-refractivity contribution < 1.29 is 4.39 Å². The van der Waals surface area contributed by atoms with Gasteiger partial charge >= 0.3 is 0 Å². The van der Waals surface area contributed by atoms with Crippen LogP contribution >= 0.6 is 11.6 Å². The Balaban J connectivity index is 2.28. The summed E-state index contributed by atoms with van der Waals surface area (Å²) in [6.07, 6.45) is 3.87. The van der Waals surface area contributed by atoms with E-state index in [0.717, 1.165) is 24.1 Å². The molecule has 1 heterocycles. The minimum absolute atomic E-state index is 0.322. The molecule has 0 aliphatic carbocycles. The highest BCUT2D eigenvalue weighted by molar-refractivity contribution is 6.31. The van der Waals surface area contributed by atoms with Crippen molar-refractivity contribution in [2.75, 3.05) is 6.54 Å². The lowest BCUT2D eigenvalue weighted by atomic mass is 10.0. The van der Waals surface area contributed by atoms with Crippen LogP contribution in [0, 0.1) is 5.82 Å². The number of hydrogen-bond donors (Lipinski definition) is 1. The average molecular weight is 279 g/mol. The Bertz CT molecular complexity index is 558. The Morgan fingerprint density at radius 2 is 2.16 bits per heavy atom. The summed E-state index contributed by atoms with van der Waals surface area (Å²) in [5.74, 6) is -0.322. The van der Waals surface area contributed by atoms with Crippen molar-refractivity contribution in [1.29, 1.82) is 0 Å². The van der Waals surface area contributed by atoms with Gasteiger partial charge in [-0.3, -0.25) is 4.98 Å². The molecule has 19 heavy (non-hydrogen) atoms. The van der Waals surface area contributed by atoms with Gasteiger partial charge in [-0.05, 0) is 42.3 Å². The summed E-state index contributed by atoms with van der Waals surface area (Å²) >= 11 is 6.16. The van der Waals surface area contributed by atoms with Gasteiger partial charge in [0.1, 0.15) is 5.82 Å². The molecule has 2 rings (SSSR count). The van der Waals surface area contributed by atoms with E-state index in [2.05, 4.69) is 17.2 Å². The van der Waals surface area contributed by atoms with Gasteiger partial charge in [0.2, 0.25) is 0 Å². The molecule has 100 valence electrons. The van der Waals surface area contributed by atoms with Crippen LogP contribution in [0.2, 0.25) is 5.02 Å². The number of rotatable bonds is 5. The molecular weight excluding hydrogens is 263 g/mol. The quantitative estimate of drug-likeness (QED) is 0.835. The van der Waals surface area contributed by atoms with Gasteiger partial charge in [-0.15, -0.1) is 0 Å². The van der Waals surface area contributed by atoms with E-state index >= 15 is 0 Å². The molecule has 0 saturated carbocycles. The zero-order chi connectivity index (χ0) is 13.7. The van der Waals surface area contributed by atoms with Crippen molar-refractivity contribution in [3.8, 4) is 11.1 Å². The Morgan fingerprint density at radius 1 is 1.32 bits per heavy atom. The maximum Gasteiger partial charge on any atom is 0.149 e. The number of benzene rings is 1. The standard InChI is InChI=1S/C15H16ClFN2/c1-2-6-18-9-12-8-11(3-4-14(12)16)13-5-7-19-10-15(13)17/h3-5,7-8,10,18H,2,6,9H2,1H3. The molecule has 0 radical (unpaired) electrons. The fourth-order valence-electron chi connectivity index (χ4n) is 1.89. The third-order valence-electron chi connectivity index (χ3n) is 2.87. The molecule has 0 saturated heterocycles. The Hall–Kier alpha value is -1.45. The van der Waals surface area contributed by atoms with Gasteiger partial charge in [0, 0.05) is 23.3 Å². The Labute approximate surface area is 117 Å². The van der Waals surface area contributed by atoms with Gasteiger partial charge in [0.25, 0.3) is 0 Å². The largest absolute Gasteiger partial charge is 0.313 e. The SMILES string of the molecule is CCCNCc1cc(-c2ccncc2F)ccc1Cl. The van der Waals surface area contributed by atoms with Crippen molar-refractivity contribution in [3.63, 3.8) is 0 Å². The summed E-state index contributed by atoms with van der Waals surface area (Å²) in [7, 11) is 0. The second kappa shape index (κ2) is 6.64. The highest BCUT2D eigenvalue weighted by atomic mass is 35.5. The van der Waals surface area contributed by atoms with E-state index in [-0.39, 0.29) is 5.82 Å². The summed E-state index contributed by atoms with van der Waals surface area (Å²) < 4.78 is 13.7. The summed E-state index contributed by atoms with van der Waals surface area (Å²) in [4.78, 5) is 3.76. The van der Waals surface area contributed by atoms with Crippen LogP contribution in [0.5, 0.6) is 0 Å². The monoisotopic (exact) mass is 278 g/mol. The second-order valence-electron chi connectivity index (χ2n) is 4.34. The zero-order valence-corrected chi connectivity index (χ0v) is 11.5. The van der Waals surface area contributed by atoms with Gasteiger partial charge < -0.3 is 5.32 Å². The summed E-state index contributed by atoms with van der Waals surface area (Å²) in [5.41, 5.74) is 2.34. The van der Waals surface area contributed by atoms with E-state index in [0.29, 0.717) is 17.1 Å². The molecule has 0 amide bonds. The molecular formula is C15H16ClFN2. The lowest BCUT2D eigenvalue weighted by Gasteiger charge is -2.09. The molecule has 0 unspecified atom stereocenters. The van der Waals surface area contributed by atoms with E-state index in [9.17, 15) is 4.39 Å². The lowest BCUT2D eigenvalue weighted by molar-refractivity contribution is 0.625. The number of nitrogens with zero attached hydrogens (tertiary/aromatic N) is 1. The fourth-order valence-corrected chi connectivity index (χ4v) is 2.07. The smallest absolute Gasteiger partial charge is 0.149 e. The van der Waals surface area contributed by atoms with Crippen LogP contribution in [0.4, 0.5) is 4.39 Å². The molecule has 2 aromatic rings. The van der Waals surface area contributed by atoms with Gasteiger partial charge in [0.05, 0.1) is 6.20 Å². The third kappa shape index (κ3) is 3.52. The normalized spacial score (nSPS) is 10.7. The van der Waals surface area contributed by atoms with Crippen LogP contribution in [0.1, 0.15) is 18.9 Å². The van der Waals surface area contributed by atoms with Gasteiger partial charge in [-0.25, -0.2) is 4.39 Å². The Morgan fingerprint density at radius 3 is 2.89 bits per heavy atom. The van der Waals surface area contributed by atoms with Crippen molar-refractivity contribution in [2.45, 2.75) is 19.9 Å². The molecule has 0 spiro atoms. The number of hydrogen-bond acceptors (Lipinski definition) is 2. The van der Waals surface area contributed by atoms with Crippen LogP contribution in [-0.2, 0) is 6.54 Å². The summed E-state index contributed by atoms with van der Waals surface area (Å²) in [5, 5.41) is 3.99. The summed E-state index contributed by atoms with van der Waals surface area (Å²) in [6.45, 7) is 3.73.